The van der Waals surface area contributed by atoms with Crippen molar-refractivity contribution in [2.75, 3.05) is 5.32 Å². The van der Waals surface area contributed by atoms with Crippen molar-refractivity contribution in [3.63, 3.8) is 0 Å². The van der Waals surface area contributed by atoms with Gasteiger partial charge in [0.15, 0.2) is 0 Å². The lowest BCUT2D eigenvalue weighted by atomic mass is 9.95. The molecule has 0 saturated heterocycles. The van der Waals surface area contributed by atoms with Crippen molar-refractivity contribution in [3.05, 3.63) is 74.4 Å². The summed E-state index contributed by atoms with van der Waals surface area (Å²) in [6, 6.07) is 11.2. The van der Waals surface area contributed by atoms with Crippen LogP contribution in [0.2, 0.25) is 0 Å². The fraction of sp³-hybridized carbons (Fsp3) is 0.269. The van der Waals surface area contributed by atoms with Gasteiger partial charge in [-0.15, -0.1) is 11.3 Å². The number of rotatable bonds is 5. The van der Waals surface area contributed by atoms with Crippen LogP contribution in [0, 0.1) is 32.1 Å². The lowest BCUT2D eigenvalue weighted by Gasteiger charge is -2.11. The zero-order valence-electron chi connectivity index (χ0n) is 18.9. The lowest BCUT2D eigenvalue weighted by Crippen LogP contribution is -2.13. The maximum Gasteiger partial charge on any atom is 0.339 e. The SMILES string of the molecule is Cc1ccc(NC(=O)/C(C#N)=C\c2cc(C)n(-c3sc4c(c3C(=O)O)CCCC4)c2C)cc1. The van der Waals surface area contributed by atoms with Gasteiger partial charge in [-0.05, 0) is 81.9 Å². The molecule has 3 aromatic rings. The number of carbonyl (C=O) groups is 2. The normalized spacial score (nSPS) is 13.3. The van der Waals surface area contributed by atoms with Crippen molar-refractivity contribution >= 4 is 35.0 Å². The smallest absolute Gasteiger partial charge is 0.339 e. The number of aromatic nitrogens is 1. The molecule has 1 aromatic carbocycles. The van der Waals surface area contributed by atoms with E-state index in [1.807, 2.05) is 49.6 Å². The van der Waals surface area contributed by atoms with E-state index in [2.05, 4.69) is 5.32 Å². The van der Waals surface area contributed by atoms with Gasteiger partial charge >= 0.3 is 5.97 Å². The van der Waals surface area contributed by atoms with Gasteiger partial charge in [0.25, 0.3) is 5.91 Å². The maximum atomic E-state index is 12.7. The number of amides is 1. The van der Waals surface area contributed by atoms with E-state index in [-0.39, 0.29) is 5.57 Å². The minimum atomic E-state index is -0.913. The van der Waals surface area contributed by atoms with Crippen LogP contribution < -0.4 is 5.32 Å². The van der Waals surface area contributed by atoms with Crippen molar-refractivity contribution in [3.8, 4) is 11.1 Å². The van der Waals surface area contributed by atoms with Gasteiger partial charge in [0.05, 0.1) is 5.56 Å². The third kappa shape index (κ3) is 4.35. The van der Waals surface area contributed by atoms with E-state index in [0.717, 1.165) is 53.1 Å². The van der Waals surface area contributed by atoms with Gasteiger partial charge in [-0.3, -0.25) is 4.79 Å². The predicted molar refractivity (Wildman–Crippen MR) is 130 cm³/mol. The summed E-state index contributed by atoms with van der Waals surface area (Å²) in [5.74, 6) is -1.40. The van der Waals surface area contributed by atoms with Crippen molar-refractivity contribution in [1.29, 1.82) is 5.26 Å². The molecule has 2 aromatic heterocycles. The molecule has 0 bridgehead atoms. The Morgan fingerprint density at radius 2 is 1.85 bits per heavy atom. The molecule has 0 atom stereocenters. The molecule has 1 aliphatic rings. The highest BCUT2D eigenvalue weighted by molar-refractivity contribution is 7.15. The number of anilines is 1. The highest BCUT2D eigenvalue weighted by Gasteiger charge is 2.27. The molecule has 1 aliphatic carbocycles. The number of aryl methyl sites for hydroxylation is 3. The molecule has 2 heterocycles. The number of hydrogen-bond acceptors (Lipinski definition) is 4. The van der Waals surface area contributed by atoms with Crippen LogP contribution in [-0.4, -0.2) is 21.6 Å². The number of nitrogens with zero attached hydrogens (tertiary/aromatic N) is 2. The van der Waals surface area contributed by atoms with E-state index in [1.54, 1.807) is 18.2 Å². The summed E-state index contributed by atoms with van der Waals surface area (Å²) in [6.45, 7) is 5.75. The minimum absolute atomic E-state index is 0.0141. The Hall–Kier alpha value is -3.63. The van der Waals surface area contributed by atoms with Gasteiger partial charge in [0.1, 0.15) is 16.6 Å². The molecule has 0 saturated carbocycles. The molecule has 0 fully saturated rings. The highest BCUT2D eigenvalue weighted by Crippen LogP contribution is 2.39. The molecule has 0 aliphatic heterocycles. The molecule has 7 heteroatoms. The maximum absolute atomic E-state index is 12.7. The zero-order valence-corrected chi connectivity index (χ0v) is 19.7. The zero-order chi connectivity index (χ0) is 23.7. The fourth-order valence-corrected chi connectivity index (χ4v) is 5.81. The Morgan fingerprint density at radius 1 is 1.15 bits per heavy atom. The first-order chi connectivity index (χ1) is 15.8. The van der Waals surface area contributed by atoms with Crippen LogP contribution in [0.15, 0.2) is 35.9 Å². The monoisotopic (exact) mass is 459 g/mol. The average Bonchev–Trinajstić information content (AvgIpc) is 3.29. The second-order valence-corrected chi connectivity index (χ2v) is 9.43. The molecule has 4 rings (SSSR count). The molecule has 0 spiro atoms. The van der Waals surface area contributed by atoms with Crippen LogP contribution in [0.1, 0.15) is 56.2 Å². The number of fused-ring (bicyclic) bond motifs is 1. The first kappa shape index (κ1) is 22.6. The first-order valence-electron chi connectivity index (χ1n) is 10.9. The molecule has 168 valence electrons. The van der Waals surface area contributed by atoms with Gasteiger partial charge in [-0.2, -0.15) is 5.26 Å². The first-order valence-corrected chi connectivity index (χ1v) is 11.7. The number of hydrogen-bond donors (Lipinski definition) is 2. The quantitative estimate of drug-likeness (QED) is 0.384. The van der Waals surface area contributed by atoms with Crippen LogP contribution >= 0.6 is 11.3 Å². The van der Waals surface area contributed by atoms with Crippen LogP contribution in [-0.2, 0) is 17.6 Å². The lowest BCUT2D eigenvalue weighted by molar-refractivity contribution is -0.112. The third-order valence-corrected chi connectivity index (χ3v) is 7.29. The Labute approximate surface area is 196 Å². The molecule has 33 heavy (non-hydrogen) atoms. The van der Waals surface area contributed by atoms with Crippen molar-refractivity contribution in [2.24, 2.45) is 0 Å². The van der Waals surface area contributed by atoms with Crippen LogP contribution in [0.3, 0.4) is 0 Å². The van der Waals surface area contributed by atoms with Crippen molar-refractivity contribution in [2.45, 2.75) is 46.5 Å². The van der Waals surface area contributed by atoms with Crippen LogP contribution in [0.4, 0.5) is 5.69 Å². The molecule has 0 radical (unpaired) electrons. The van der Waals surface area contributed by atoms with E-state index in [9.17, 15) is 20.0 Å². The summed E-state index contributed by atoms with van der Waals surface area (Å²) in [5.41, 5.74) is 5.38. The van der Waals surface area contributed by atoms with Crippen molar-refractivity contribution in [1.82, 2.24) is 4.57 Å². The molecule has 6 nitrogen and oxygen atoms in total. The molecule has 0 unspecified atom stereocenters. The Kier molecular flexibility index (Phi) is 6.21. The predicted octanol–water partition coefficient (Wildman–Crippen LogP) is 5.59. The highest BCUT2D eigenvalue weighted by atomic mass is 32.1. The van der Waals surface area contributed by atoms with E-state index in [4.69, 9.17) is 0 Å². The standard InChI is InChI=1S/C26H25N3O3S/c1-15-8-10-20(11-9-15)28-24(30)19(14-27)13-18-12-16(2)29(17(18)3)25-23(26(31)32)21-6-4-5-7-22(21)33-25/h8-13H,4-7H2,1-3H3,(H,28,30)(H,31,32)/b19-13-. The topological polar surface area (TPSA) is 95.1 Å². The van der Waals surface area contributed by atoms with Gasteiger partial charge in [0.2, 0.25) is 0 Å². The summed E-state index contributed by atoms with van der Waals surface area (Å²) in [7, 11) is 0. The number of carboxylic acid groups (broad SMARTS) is 1. The number of benzene rings is 1. The number of carbonyl (C=O) groups excluding carboxylic acids is 1. The van der Waals surface area contributed by atoms with Crippen molar-refractivity contribution < 1.29 is 14.7 Å². The largest absolute Gasteiger partial charge is 0.478 e. The number of nitrogens with one attached hydrogen (secondary N) is 1. The van der Waals surface area contributed by atoms with Crippen LogP contribution in [0.25, 0.3) is 11.1 Å². The summed E-state index contributed by atoms with van der Waals surface area (Å²) in [5, 5.41) is 23.0. The Bertz CT molecular complexity index is 1320. The summed E-state index contributed by atoms with van der Waals surface area (Å²) in [4.78, 5) is 26.0. The van der Waals surface area contributed by atoms with Gasteiger partial charge in [-0.1, -0.05) is 17.7 Å². The van der Waals surface area contributed by atoms with Crippen LogP contribution in [0.5, 0.6) is 0 Å². The van der Waals surface area contributed by atoms with E-state index in [0.29, 0.717) is 21.8 Å². The number of carboxylic acids is 1. The Morgan fingerprint density at radius 3 is 2.52 bits per heavy atom. The van der Waals surface area contributed by atoms with Gasteiger partial charge in [0, 0.05) is 22.0 Å². The summed E-state index contributed by atoms with van der Waals surface area (Å²) >= 11 is 1.54. The summed E-state index contributed by atoms with van der Waals surface area (Å²) < 4.78 is 1.94. The average molecular weight is 460 g/mol. The molecule has 1 amide bonds. The number of nitriles is 1. The van der Waals surface area contributed by atoms with E-state index >= 15 is 0 Å². The fourth-order valence-electron chi connectivity index (χ4n) is 4.32. The molecular formula is C26H25N3O3S. The molecule has 2 N–H and O–H groups in total. The Balaban J connectivity index is 1.72. The molecular weight excluding hydrogens is 434 g/mol. The second kappa shape index (κ2) is 9.08. The minimum Gasteiger partial charge on any atom is -0.478 e. The van der Waals surface area contributed by atoms with Gasteiger partial charge in [-0.25, -0.2) is 4.79 Å². The number of aromatic carboxylic acids is 1. The summed E-state index contributed by atoms with van der Waals surface area (Å²) in [6.07, 6.45) is 5.34. The van der Waals surface area contributed by atoms with Gasteiger partial charge < -0.3 is 15.0 Å². The van der Waals surface area contributed by atoms with E-state index < -0.39 is 11.9 Å². The second-order valence-electron chi connectivity index (χ2n) is 8.35. The number of thiophene rings is 1. The van der Waals surface area contributed by atoms with E-state index in [1.165, 1.54) is 11.3 Å². The third-order valence-electron chi connectivity index (χ3n) is 6.01.